The molecule has 1 saturated carbocycles. The number of aldehydes is 1. The SMILES string of the molecule is CN(Cc1ccccc1)C(=O)C1CCCCC1C(=O)N1CCCC1C=O. The van der Waals surface area contributed by atoms with Crippen molar-refractivity contribution in [2.24, 2.45) is 11.8 Å². The first kappa shape index (κ1) is 18.6. The van der Waals surface area contributed by atoms with Crippen molar-refractivity contribution < 1.29 is 14.4 Å². The highest BCUT2D eigenvalue weighted by Gasteiger charge is 2.41. The maximum absolute atomic E-state index is 13.1. The van der Waals surface area contributed by atoms with Crippen molar-refractivity contribution in [2.75, 3.05) is 13.6 Å². The van der Waals surface area contributed by atoms with Gasteiger partial charge in [0.05, 0.1) is 6.04 Å². The molecule has 0 bridgehead atoms. The fraction of sp³-hybridized carbons (Fsp3) is 0.571. The Kier molecular flexibility index (Phi) is 6.07. The van der Waals surface area contributed by atoms with Crippen LogP contribution in [0.5, 0.6) is 0 Å². The number of hydrogen-bond acceptors (Lipinski definition) is 3. The van der Waals surface area contributed by atoms with Gasteiger partial charge in [-0.3, -0.25) is 9.59 Å². The zero-order chi connectivity index (χ0) is 18.5. The number of benzene rings is 1. The van der Waals surface area contributed by atoms with Crippen LogP contribution in [0.1, 0.15) is 44.1 Å². The van der Waals surface area contributed by atoms with E-state index in [0.717, 1.165) is 50.4 Å². The average molecular weight is 356 g/mol. The predicted molar refractivity (Wildman–Crippen MR) is 99.2 cm³/mol. The van der Waals surface area contributed by atoms with Crippen LogP contribution in [-0.4, -0.2) is 47.5 Å². The third-order valence-corrected chi connectivity index (χ3v) is 5.78. The highest BCUT2D eigenvalue weighted by molar-refractivity contribution is 5.89. The Balaban J connectivity index is 1.70. The lowest BCUT2D eigenvalue weighted by molar-refractivity contribution is -0.148. The summed E-state index contributed by atoms with van der Waals surface area (Å²) in [7, 11) is 1.82. The Hall–Kier alpha value is -2.17. The molecule has 26 heavy (non-hydrogen) atoms. The molecule has 5 heteroatoms. The van der Waals surface area contributed by atoms with Gasteiger partial charge in [0.1, 0.15) is 6.29 Å². The lowest BCUT2D eigenvalue weighted by Gasteiger charge is -2.35. The molecule has 2 aliphatic rings. The summed E-state index contributed by atoms with van der Waals surface area (Å²) in [4.78, 5) is 40.8. The molecule has 1 saturated heterocycles. The zero-order valence-electron chi connectivity index (χ0n) is 15.5. The van der Waals surface area contributed by atoms with Crippen LogP contribution in [0.2, 0.25) is 0 Å². The molecule has 1 aromatic carbocycles. The van der Waals surface area contributed by atoms with Crippen molar-refractivity contribution in [2.45, 2.75) is 51.1 Å². The van der Waals surface area contributed by atoms with Gasteiger partial charge in [0.25, 0.3) is 0 Å². The van der Waals surface area contributed by atoms with Crippen molar-refractivity contribution in [1.29, 1.82) is 0 Å². The number of nitrogens with zero attached hydrogens (tertiary/aromatic N) is 2. The highest BCUT2D eigenvalue weighted by atomic mass is 16.2. The molecule has 0 N–H and O–H groups in total. The molecule has 3 rings (SSSR count). The van der Waals surface area contributed by atoms with E-state index in [4.69, 9.17) is 0 Å². The molecule has 3 unspecified atom stereocenters. The third kappa shape index (κ3) is 3.97. The van der Waals surface area contributed by atoms with Crippen LogP contribution in [0, 0.1) is 11.8 Å². The topological polar surface area (TPSA) is 57.7 Å². The molecule has 2 fully saturated rings. The van der Waals surface area contributed by atoms with Crippen LogP contribution in [0.4, 0.5) is 0 Å². The summed E-state index contributed by atoms with van der Waals surface area (Å²) in [6.07, 6.45) is 5.96. The van der Waals surface area contributed by atoms with Gasteiger partial charge in [-0.2, -0.15) is 0 Å². The Morgan fingerprint density at radius 1 is 1.08 bits per heavy atom. The first-order chi connectivity index (χ1) is 12.6. The summed E-state index contributed by atoms with van der Waals surface area (Å²) in [6, 6.07) is 9.60. The Morgan fingerprint density at radius 3 is 2.46 bits per heavy atom. The van der Waals surface area contributed by atoms with Gasteiger partial charge in [0.2, 0.25) is 11.8 Å². The predicted octanol–water partition coefficient (Wildman–Crippen LogP) is 2.64. The molecule has 0 aromatic heterocycles. The summed E-state index contributed by atoms with van der Waals surface area (Å²) in [6.45, 7) is 1.19. The molecule has 1 aliphatic carbocycles. The van der Waals surface area contributed by atoms with Gasteiger partial charge in [0, 0.05) is 32.0 Å². The van der Waals surface area contributed by atoms with E-state index in [1.165, 1.54) is 0 Å². The molecule has 0 spiro atoms. The maximum atomic E-state index is 13.1. The van der Waals surface area contributed by atoms with Crippen molar-refractivity contribution >= 4 is 18.1 Å². The third-order valence-electron chi connectivity index (χ3n) is 5.78. The van der Waals surface area contributed by atoms with Gasteiger partial charge >= 0.3 is 0 Å². The molecule has 1 aromatic rings. The van der Waals surface area contributed by atoms with Crippen LogP contribution in [0.25, 0.3) is 0 Å². The second-order valence-corrected chi connectivity index (χ2v) is 7.55. The largest absolute Gasteiger partial charge is 0.341 e. The minimum Gasteiger partial charge on any atom is -0.341 e. The molecule has 2 amide bonds. The molecular weight excluding hydrogens is 328 g/mol. The van der Waals surface area contributed by atoms with Gasteiger partial charge in [-0.25, -0.2) is 0 Å². The monoisotopic (exact) mass is 356 g/mol. The van der Waals surface area contributed by atoms with Crippen LogP contribution in [-0.2, 0) is 20.9 Å². The second kappa shape index (κ2) is 8.47. The molecule has 0 radical (unpaired) electrons. The highest BCUT2D eigenvalue weighted by Crippen LogP contribution is 2.34. The second-order valence-electron chi connectivity index (χ2n) is 7.55. The quantitative estimate of drug-likeness (QED) is 0.762. The number of carbonyl (C=O) groups excluding carboxylic acids is 3. The van der Waals surface area contributed by atoms with Gasteiger partial charge in [0.15, 0.2) is 0 Å². The van der Waals surface area contributed by atoms with Gasteiger partial charge < -0.3 is 14.6 Å². The minimum absolute atomic E-state index is 0.00533. The van der Waals surface area contributed by atoms with E-state index < -0.39 is 0 Å². The van der Waals surface area contributed by atoms with E-state index in [2.05, 4.69) is 0 Å². The molecule has 3 atom stereocenters. The number of amides is 2. The molecular formula is C21H28N2O3. The minimum atomic E-state index is -0.303. The van der Waals surface area contributed by atoms with E-state index in [-0.39, 0.29) is 29.7 Å². The number of carbonyl (C=O) groups is 3. The number of rotatable bonds is 5. The fourth-order valence-corrected chi connectivity index (χ4v) is 4.36. The fourth-order valence-electron chi connectivity index (χ4n) is 4.36. The summed E-state index contributed by atoms with van der Waals surface area (Å²) in [5, 5.41) is 0. The molecule has 140 valence electrons. The molecule has 1 heterocycles. The average Bonchev–Trinajstić information content (AvgIpc) is 3.16. The summed E-state index contributed by atoms with van der Waals surface area (Å²) in [5.41, 5.74) is 1.09. The van der Waals surface area contributed by atoms with Gasteiger partial charge in [-0.05, 0) is 31.2 Å². The first-order valence-electron chi connectivity index (χ1n) is 9.66. The van der Waals surface area contributed by atoms with Crippen LogP contribution < -0.4 is 0 Å². The van der Waals surface area contributed by atoms with Gasteiger partial charge in [-0.15, -0.1) is 0 Å². The van der Waals surface area contributed by atoms with E-state index in [0.29, 0.717) is 13.1 Å². The standard InChI is InChI=1S/C21H28N2O3/c1-22(14-16-8-3-2-4-9-16)20(25)18-11-5-6-12-19(18)21(26)23-13-7-10-17(23)15-24/h2-4,8-9,15,17-19H,5-7,10-14H2,1H3. The lowest BCUT2D eigenvalue weighted by Crippen LogP contribution is -2.47. The summed E-state index contributed by atoms with van der Waals surface area (Å²) in [5.74, 6) is -0.493. The zero-order valence-corrected chi connectivity index (χ0v) is 15.5. The summed E-state index contributed by atoms with van der Waals surface area (Å²) < 4.78 is 0. The van der Waals surface area contributed by atoms with Crippen molar-refractivity contribution in [1.82, 2.24) is 9.80 Å². The van der Waals surface area contributed by atoms with E-state index in [9.17, 15) is 14.4 Å². The van der Waals surface area contributed by atoms with Crippen LogP contribution >= 0.6 is 0 Å². The molecule has 5 nitrogen and oxygen atoms in total. The van der Waals surface area contributed by atoms with Crippen molar-refractivity contribution in [3.63, 3.8) is 0 Å². The first-order valence-corrected chi connectivity index (χ1v) is 9.66. The van der Waals surface area contributed by atoms with E-state index in [1.54, 1.807) is 9.80 Å². The Labute approximate surface area is 155 Å². The number of likely N-dealkylation sites (tertiary alicyclic amines) is 1. The van der Waals surface area contributed by atoms with Crippen molar-refractivity contribution in [3.05, 3.63) is 35.9 Å². The summed E-state index contributed by atoms with van der Waals surface area (Å²) >= 11 is 0. The van der Waals surface area contributed by atoms with Crippen LogP contribution in [0.15, 0.2) is 30.3 Å². The maximum Gasteiger partial charge on any atom is 0.227 e. The Morgan fingerprint density at radius 2 is 1.77 bits per heavy atom. The smallest absolute Gasteiger partial charge is 0.227 e. The van der Waals surface area contributed by atoms with E-state index >= 15 is 0 Å². The van der Waals surface area contributed by atoms with E-state index in [1.807, 2.05) is 37.4 Å². The Bertz CT molecular complexity index is 646. The normalized spacial score (nSPS) is 25.7. The van der Waals surface area contributed by atoms with Gasteiger partial charge in [-0.1, -0.05) is 43.2 Å². The van der Waals surface area contributed by atoms with Crippen LogP contribution in [0.3, 0.4) is 0 Å². The lowest BCUT2D eigenvalue weighted by atomic mass is 9.77. The number of hydrogen-bond donors (Lipinski definition) is 0. The van der Waals surface area contributed by atoms with Crippen molar-refractivity contribution in [3.8, 4) is 0 Å². The molecule has 1 aliphatic heterocycles.